The van der Waals surface area contributed by atoms with Crippen molar-refractivity contribution in [2.75, 3.05) is 13.2 Å². The summed E-state index contributed by atoms with van der Waals surface area (Å²) in [5.41, 5.74) is 0.470. The molecule has 0 radical (unpaired) electrons. The lowest BCUT2D eigenvalue weighted by atomic mass is 9.44. The highest BCUT2D eigenvalue weighted by molar-refractivity contribution is 6.21. The zero-order valence-electron chi connectivity index (χ0n) is 16.7. The van der Waals surface area contributed by atoms with Crippen LogP contribution in [0.1, 0.15) is 50.0 Å². The van der Waals surface area contributed by atoms with E-state index in [1.165, 1.54) is 0 Å². The van der Waals surface area contributed by atoms with E-state index in [1.807, 2.05) is 24.3 Å². The van der Waals surface area contributed by atoms with Crippen LogP contribution in [-0.4, -0.2) is 53.8 Å². The third-order valence-electron chi connectivity index (χ3n) is 6.93. The molecule has 4 saturated carbocycles. The van der Waals surface area contributed by atoms with Gasteiger partial charge < -0.3 is 20.1 Å². The second-order valence-corrected chi connectivity index (χ2v) is 9.87. The molecule has 2 amide bonds. The first-order valence-electron chi connectivity index (χ1n) is 10.6. The van der Waals surface area contributed by atoms with E-state index in [0.29, 0.717) is 19.4 Å². The van der Waals surface area contributed by atoms with E-state index < -0.39 is 11.5 Å². The Morgan fingerprint density at radius 2 is 1.90 bits per heavy atom. The Morgan fingerprint density at radius 1 is 1.17 bits per heavy atom. The molecule has 4 atom stereocenters. The van der Waals surface area contributed by atoms with Crippen LogP contribution in [0.3, 0.4) is 0 Å². The van der Waals surface area contributed by atoms with Gasteiger partial charge in [-0.05, 0) is 38.2 Å². The van der Waals surface area contributed by atoms with Gasteiger partial charge in [0.05, 0.1) is 11.5 Å². The van der Waals surface area contributed by atoms with Crippen LogP contribution >= 0.6 is 11.6 Å². The highest BCUT2D eigenvalue weighted by Gasteiger charge is 2.69. The lowest BCUT2D eigenvalue weighted by Gasteiger charge is -2.70. The van der Waals surface area contributed by atoms with Gasteiger partial charge in [0.2, 0.25) is 11.8 Å². The van der Waals surface area contributed by atoms with Crippen LogP contribution in [0.5, 0.6) is 5.75 Å². The molecular formula is C22H26ClFN2O4. The number of amides is 2. The molecule has 0 spiro atoms. The molecule has 0 saturated heterocycles. The van der Waals surface area contributed by atoms with Crippen LogP contribution in [0.4, 0.5) is 4.39 Å². The summed E-state index contributed by atoms with van der Waals surface area (Å²) in [4.78, 5) is 25.0. The number of hydrogen-bond donors (Lipinski definition) is 2. The van der Waals surface area contributed by atoms with E-state index in [1.54, 1.807) is 0 Å². The minimum Gasteiger partial charge on any atom is -0.492 e. The molecule has 1 heterocycles. The normalized spacial score (nSPS) is 38.5. The number of benzene rings is 1. The summed E-state index contributed by atoms with van der Waals surface area (Å²) in [7, 11) is 0. The summed E-state index contributed by atoms with van der Waals surface area (Å²) in [6.07, 6.45) is 2.36. The Labute approximate surface area is 179 Å². The monoisotopic (exact) mass is 436 g/mol. The number of fused-ring (bicyclic) bond motifs is 1. The fraction of sp³-hybridized carbons (Fsp3) is 0.636. The maximum absolute atomic E-state index is 13.7. The van der Waals surface area contributed by atoms with Gasteiger partial charge in [0.15, 0.2) is 0 Å². The molecule has 1 aromatic carbocycles. The van der Waals surface area contributed by atoms with Crippen molar-refractivity contribution in [3.8, 4) is 5.75 Å². The van der Waals surface area contributed by atoms with E-state index >= 15 is 0 Å². The molecule has 2 N–H and O–H groups in total. The van der Waals surface area contributed by atoms with Crippen molar-refractivity contribution in [3.05, 3.63) is 29.8 Å². The maximum Gasteiger partial charge on any atom is 0.246 e. The van der Waals surface area contributed by atoms with Crippen molar-refractivity contribution >= 4 is 23.4 Å². The molecule has 1 aliphatic heterocycles. The molecule has 2 bridgehead atoms. The average molecular weight is 437 g/mol. The highest BCUT2D eigenvalue weighted by Crippen LogP contribution is 2.60. The molecule has 5 aliphatic rings. The first kappa shape index (κ1) is 20.1. The largest absolute Gasteiger partial charge is 0.492 e. The quantitative estimate of drug-likeness (QED) is 0.672. The van der Waals surface area contributed by atoms with Crippen molar-refractivity contribution in [3.63, 3.8) is 0 Å². The number of carbonyl (C=O) groups excluding carboxylic acids is 2. The molecule has 8 heteroatoms. The molecule has 30 heavy (non-hydrogen) atoms. The third kappa shape index (κ3) is 3.56. The SMILES string of the molecule is O=C(COC1CCC(Cl)C(F)C1)NC12CC(NC(=O)C3COc4ccccc43)(C1)C2. The fourth-order valence-electron chi connectivity index (χ4n) is 5.50. The minimum atomic E-state index is -1.08. The Hall–Kier alpha value is -1.86. The van der Waals surface area contributed by atoms with Crippen LogP contribution in [0.2, 0.25) is 0 Å². The summed E-state index contributed by atoms with van der Waals surface area (Å²) in [5.74, 6) is 0.295. The van der Waals surface area contributed by atoms with Gasteiger partial charge in [0, 0.05) is 23.1 Å². The number of alkyl halides is 2. The van der Waals surface area contributed by atoms with Gasteiger partial charge in [-0.25, -0.2) is 4.39 Å². The first-order valence-corrected chi connectivity index (χ1v) is 11.1. The van der Waals surface area contributed by atoms with E-state index in [9.17, 15) is 14.0 Å². The third-order valence-corrected chi connectivity index (χ3v) is 7.43. The summed E-state index contributed by atoms with van der Waals surface area (Å²) in [5, 5.41) is 5.77. The molecule has 4 unspecified atom stereocenters. The van der Waals surface area contributed by atoms with E-state index in [0.717, 1.165) is 30.6 Å². The van der Waals surface area contributed by atoms with Crippen LogP contribution in [-0.2, 0) is 14.3 Å². The Balaban J connectivity index is 1.06. The smallest absolute Gasteiger partial charge is 0.246 e. The lowest BCUT2D eigenvalue weighted by molar-refractivity contribution is -0.153. The first-order chi connectivity index (χ1) is 14.4. The Kier molecular flexibility index (Phi) is 4.93. The summed E-state index contributed by atoms with van der Waals surface area (Å²) >= 11 is 5.88. The van der Waals surface area contributed by atoms with Gasteiger partial charge in [-0.1, -0.05) is 18.2 Å². The van der Waals surface area contributed by atoms with Crippen molar-refractivity contribution < 1.29 is 23.5 Å². The summed E-state index contributed by atoms with van der Waals surface area (Å²) < 4.78 is 24.9. The zero-order chi connectivity index (χ0) is 20.9. The van der Waals surface area contributed by atoms with Crippen LogP contribution in [0.25, 0.3) is 0 Å². The van der Waals surface area contributed by atoms with Gasteiger partial charge in [0.25, 0.3) is 0 Å². The second kappa shape index (κ2) is 7.38. The molecular weight excluding hydrogens is 411 g/mol. The molecule has 6 nitrogen and oxygen atoms in total. The van der Waals surface area contributed by atoms with Gasteiger partial charge >= 0.3 is 0 Å². The number of halogens is 2. The zero-order valence-corrected chi connectivity index (χ0v) is 17.4. The van der Waals surface area contributed by atoms with E-state index in [2.05, 4.69) is 10.6 Å². The standard InChI is InChI=1S/C22H26ClFN2O4/c23-16-6-5-13(7-17(16)24)29-9-19(27)25-21-10-22(11-21,12-21)26-20(28)15-8-30-18-4-2-1-3-14(15)18/h1-4,13,15-17H,5-12H2,(H,25,27)(H,26,28). The maximum atomic E-state index is 13.7. The molecule has 1 aromatic rings. The van der Waals surface area contributed by atoms with Crippen LogP contribution < -0.4 is 15.4 Å². The average Bonchev–Trinajstić information content (AvgIpc) is 3.10. The predicted octanol–water partition coefficient (Wildman–Crippen LogP) is 2.58. The molecule has 162 valence electrons. The second-order valence-electron chi connectivity index (χ2n) is 9.31. The van der Waals surface area contributed by atoms with Crippen LogP contribution in [0, 0.1) is 0 Å². The number of para-hydroxylation sites is 1. The fourth-order valence-corrected chi connectivity index (χ4v) is 5.73. The van der Waals surface area contributed by atoms with Gasteiger partial charge in [-0.2, -0.15) is 0 Å². The van der Waals surface area contributed by atoms with Crippen molar-refractivity contribution in [1.29, 1.82) is 0 Å². The van der Waals surface area contributed by atoms with Gasteiger partial charge in [-0.3, -0.25) is 9.59 Å². The molecule has 4 aliphatic carbocycles. The molecule has 4 fully saturated rings. The minimum absolute atomic E-state index is 0.0152. The van der Waals surface area contributed by atoms with Crippen LogP contribution in [0.15, 0.2) is 24.3 Å². The van der Waals surface area contributed by atoms with Crippen molar-refractivity contribution in [1.82, 2.24) is 10.6 Å². The lowest BCUT2D eigenvalue weighted by Crippen LogP contribution is -2.84. The van der Waals surface area contributed by atoms with Crippen molar-refractivity contribution in [2.24, 2.45) is 0 Å². The topological polar surface area (TPSA) is 76.7 Å². The number of rotatable bonds is 6. The predicted molar refractivity (Wildman–Crippen MR) is 108 cm³/mol. The highest BCUT2D eigenvalue weighted by atomic mass is 35.5. The Bertz CT molecular complexity index is 846. The van der Waals surface area contributed by atoms with E-state index in [-0.39, 0.29) is 47.9 Å². The number of hydrogen-bond acceptors (Lipinski definition) is 4. The number of carbonyl (C=O) groups is 2. The number of nitrogens with one attached hydrogen (secondary N) is 2. The molecule has 6 rings (SSSR count). The van der Waals surface area contributed by atoms with Crippen molar-refractivity contribution in [2.45, 2.75) is 73.2 Å². The summed E-state index contributed by atoms with van der Waals surface area (Å²) in [6, 6.07) is 7.62. The molecule has 0 aromatic heterocycles. The number of ether oxygens (including phenoxy) is 2. The van der Waals surface area contributed by atoms with Gasteiger partial charge in [0.1, 0.15) is 31.1 Å². The van der Waals surface area contributed by atoms with E-state index in [4.69, 9.17) is 21.1 Å². The summed E-state index contributed by atoms with van der Waals surface area (Å²) in [6.45, 7) is 0.299. The van der Waals surface area contributed by atoms with Gasteiger partial charge in [-0.15, -0.1) is 11.6 Å². The Morgan fingerprint density at radius 3 is 2.67 bits per heavy atom.